The summed E-state index contributed by atoms with van der Waals surface area (Å²) in [4.78, 5) is 25.3. The number of carbonyl (C=O) groups excluding carboxylic acids is 2. The number of hydrogen-bond acceptors (Lipinski definition) is 4. The summed E-state index contributed by atoms with van der Waals surface area (Å²) in [6.07, 6.45) is 3.64. The topological polar surface area (TPSA) is 52.6 Å². The first kappa shape index (κ1) is 26.6. The van der Waals surface area contributed by atoms with E-state index in [-0.39, 0.29) is 29.9 Å². The van der Waals surface area contributed by atoms with Gasteiger partial charge in [0.15, 0.2) is 0 Å². The number of esters is 2. The molecule has 3 unspecified atom stereocenters. The molecule has 0 aliphatic rings. The first-order valence-corrected chi connectivity index (χ1v) is 12.3. The van der Waals surface area contributed by atoms with E-state index in [1.807, 2.05) is 43.3 Å². The predicted octanol–water partition coefficient (Wildman–Crippen LogP) is 7.19. The molecule has 0 heterocycles. The Kier molecular flexibility index (Phi) is 11.2. The maximum atomic E-state index is 12.7. The SMILES string of the molecule is CC(C)CCC(COC(=O)c1ccccc1)C(CCC(C)C)C(C)OC(=O)c1ccccc1. The molecule has 2 aromatic rings. The Morgan fingerprint density at radius 1 is 0.667 bits per heavy atom. The Bertz CT molecular complexity index is 829. The van der Waals surface area contributed by atoms with Crippen molar-refractivity contribution >= 4 is 11.9 Å². The molecule has 0 amide bonds. The molecule has 2 rings (SSSR count). The Morgan fingerprint density at radius 3 is 1.67 bits per heavy atom. The fourth-order valence-electron chi connectivity index (χ4n) is 4.09. The zero-order valence-electron chi connectivity index (χ0n) is 20.8. The third-order valence-electron chi connectivity index (χ3n) is 6.14. The lowest BCUT2D eigenvalue weighted by molar-refractivity contribution is -0.00876. The van der Waals surface area contributed by atoms with Crippen LogP contribution in [0.25, 0.3) is 0 Å². The molecule has 180 valence electrons. The van der Waals surface area contributed by atoms with Gasteiger partial charge >= 0.3 is 11.9 Å². The van der Waals surface area contributed by atoms with Crippen molar-refractivity contribution in [2.75, 3.05) is 6.61 Å². The van der Waals surface area contributed by atoms with Gasteiger partial charge in [-0.2, -0.15) is 0 Å². The normalized spacial score (nSPS) is 14.0. The van der Waals surface area contributed by atoms with Crippen molar-refractivity contribution in [3.63, 3.8) is 0 Å². The van der Waals surface area contributed by atoms with Gasteiger partial charge < -0.3 is 9.47 Å². The van der Waals surface area contributed by atoms with Gasteiger partial charge in [0.25, 0.3) is 0 Å². The van der Waals surface area contributed by atoms with Gasteiger partial charge in [0.2, 0.25) is 0 Å². The van der Waals surface area contributed by atoms with Gasteiger partial charge in [-0.05, 0) is 61.8 Å². The zero-order valence-corrected chi connectivity index (χ0v) is 20.8. The van der Waals surface area contributed by atoms with Crippen LogP contribution < -0.4 is 0 Å². The summed E-state index contributed by atoms with van der Waals surface area (Å²) in [6, 6.07) is 18.2. The highest BCUT2D eigenvalue weighted by Gasteiger charge is 2.31. The molecule has 0 fully saturated rings. The Hall–Kier alpha value is -2.62. The van der Waals surface area contributed by atoms with Crippen molar-refractivity contribution in [1.29, 1.82) is 0 Å². The zero-order chi connectivity index (χ0) is 24.2. The molecule has 4 nitrogen and oxygen atoms in total. The first-order valence-electron chi connectivity index (χ1n) is 12.3. The summed E-state index contributed by atoms with van der Waals surface area (Å²) in [6.45, 7) is 11.1. The molecule has 0 aliphatic carbocycles. The van der Waals surface area contributed by atoms with Gasteiger partial charge in [0.05, 0.1) is 17.7 Å². The van der Waals surface area contributed by atoms with Crippen LogP contribution in [-0.4, -0.2) is 24.6 Å². The van der Waals surface area contributed by atoms with E-state index >= 15 is 0 Å². The lowest BCUT2D eigenvalue weighted by Gasteiger charge is -2.32. The second-order valence-corrected chi connectivity index (χ2v) is 9.81. The Balaban J connectivity index is 2.16. The van der Waals surface area contributed by atoms with Gasteiger partial charge in [-0.1, -0.05) is 76.9 Å². The van der Waals surface area contributed by atoms with Gasteiger partial charge in [-0.25, -0.2) is 9.59 Å². The predicted molar refractivity (Wildman–Crippen MR) is 133 cm³/mol. The maximum absolute atomic E-state index is 12.7. The van der Waals surface area contributed by atoms with Crippen molar-refractivity contribution in [1.82, 2.24) is 0 Å². The number of rotatable bonds is 13. The average molecular weight is 453 g/mol. The molecule has 0 saturated heterocycles. The number of benzene rings is 2. The van der Waals surface area contributed by atoms with Gasteiger partial charge in [-0.15, -0.1) is 0 Å². The molecular formula is C29H40O4. The van der Waals surface area contributed by atoms with E-state index in [1.54, 1.807) is 24.3 Å². The molecule has 0 aromatic heterocycles. The molecule has 0 N–H and O–H groups in total. The molecular weight excluding hydrogens is 412 g/mol. The van der Waals surface area contributed by atoms with Crippen LogP contribution in [0.3, 0.4) is 0 Å². The maximum Gasteiger partial charge on any atom is 0.338 e. The molecule has 33 heavy (non-hydrogen) atoms. The standard InChI is InChI=1S/C29H40O4/c1-21(2)16-18-26(20-32-28(30)24-12-8-6-9-13-24)27(19-17-22(3)4)23(5)33-29(31)25-14-10-7-11-15-25/h6-15,21-23,26-27H,16-20H2,1-5H3. The van der Waals surface area contributed by atoms with E-state index in [2.05, 4.69) is 27.7 Å². The highest BCUT2D eigenvalue weighted by Crippen LogP contribution is 2.31. The van der Waals surface area contributed by atoms with E-state index < -0.39 is 0 Å². The second-order valence-electron chi connectivity index (χ2n) is 9.81. The van der Waals surface area contributed by atoms with Gasteiger partial charge in [0.1, 0.15) is 6.10 Å². The number of ether oxygens (including phenoxy) is 2. The first-order chi connectivity index (χ1) is 15.8. The number of carbonyl (C=O) groups is 2. The monoisotopic (exact) mass is 452 g/mol. The summed E-state index contributed by atoms with van der Waals surface area (Å²) in [5.74, 6) is 0.718. The van der Waals surface area contributed by atoms with E-state index in [0.29, 0.717) is 29.6 Å². The van der Waals surface area contributed by atoms with Crippen molar-refractivity contribution in [3.8, 4) is 0 Å². The summed E-state index contributed by atoms with van der Waals surface area (Å²) in [5, 5.41) is 0. The van der Waals surface area contributed by atoms with Crippen LogP contribution in [0.4, 0.5) is 0 Å². The van der Waals surface area contributed by atoms with Gasteiger partial charge in [-0.3, -0.25) is 0 Å². The van der Waals surface area contributed by atoms with Crippen LogP contribution in [0.15, 0.2) is 60.7 Å². The molecule has 4 heteroatoms. The quantitative estimate of drug-likeness (QED) is 0.302. The highest BCUT2D eigenvalue weighted by molar-refractivity contribution is 5.89. The number of hydrogen-bond donors (Lipinski definition) is 0. The van der Waals surface area contributed by atoms with Crippen molar-refractivity contribution < 1.29 is 19.1 Å². The van der Waals surface area contributed by atoms with Gasteiger partial charge in [0, 0.05) is 5.92 Å². The third-order valence-corrected chi connectivity index (χ3v) is 6.14. The van der Waals surface area contributed by atoms with E-state index in [1.165, 1.54) is 0 Å². The van der Waals surface area contributed by atoms with Crippen molar-refractivity contribution in [2.45, 2.75) is 66.4 Å². The summed E-state index contributed by atoms with van der Waals surface area (Å²) < 4.78 is 11.7. The van der Waals surface area contributed by atoms with Crippen molar-refractivity contribution in [3.05, 3.63) is 71.8 Å². The average Bonchev–Trinajstić information content (AvgIpc) is 2.80. The molecule has 0 bridgehead atoms. The minimum Gasteiger partial charge on any atom is -0.462 e. The van der Waals surface area contributed by atoms with Crippen LogP contribution in [-0.2, 0) is 9.47 Å². The van der Waals surface area contributed by atoms with Crippen LogP contribution in [0.2, 0.25) is 0 Å². The second kappa shape index (κ2) is 13.8. The van der Waals surface area contributed by atoms with E-state index in [0.717, 1.165) is 25.7 Å². The van der Waals surface area contributed by atoms with Crippen molar-refractivity contribution in [2.24, 2.45) is 23.7 Å². The molecule has 2 aromatic carbocycles. The van der Waals surface area contributed by atoms with Crippen LogP contribution in [0.5, 0.6) is 0 Å². The smallest absolute Gasteiger partial charge is 0.338 e. The largest absolute Gasteiger partial charge is 0.462 e. The Morgan fingerprint density at radius 2 is 1.15 bits per heavy atom. The third kappa shape index (κ3) is 9.41. The van der Waals surface area contributed by atoms with E-state index in [9.17, 15) is 9.59 Å². The lowest BCUT2D eigenvalue weighted by atomic mass is 9.80. The van der Waals surface area contributed by atoms with E-state index in [4.69, 9.17) is 9.47 Å². The molecule has 0 spiro atoms. The summed E-state index contributed by atoms with van der Waals surface area (Å²) >= 11 is 0. The van der Waals surface area contributed by atoms with Crippen LogP contribution in [0, 0.1) is 23.7 Å². The molecule has 0 radical (unpaired) electrons. The minimum absolute atomic E-state index is 0.113. The van der Waals surface area contributed by atoms with Crippen LogP contribution >= 0.6 is 0 Å². The summed E-state index contributed by atoms with van der Waals surface area (Å²) in [5.41, 5.74) is 1.11. The minimum atomic E-state index is -0.304. The molecule has 0 aliphatic heterocycles. The molecule has 0 saturated carbocycles. The van der Waals surface area contributed by atoms with Crippen LogP contribution in [0.1, 0.15) is 81.0 Å². The fraction of sp³-hybridized carbons (Fsp3) is 0.517. The Labute approximate surface area is 199 Å². The molecule has 3 atom stereocenters. The lowest BCUT2D eigenvalue weighted by Crippen LogP contribution is -2.33. The fourth-order valence-corrected chi connectivity index (χ4v) is 4.09. The highest BCUT2D eigenvalue weighted by atomic mass is 16.5. The summed E-state index contributed by atoms with van der Waals surface area (Å²) in [7, 11) is 0.